The van der Waals surface area contributed by atoms with E-state index in [1.165, 1.54) is 19.5 Å². The summed E-state index contributed by atoms with van der Waals surface area (Å²) in [6.07, 6.45) is 6.94. The number of likely N-dealkylation sites (tertiary alicyclic amines) is 1. The lowest BCUT2D eigenvalue weighted by atomic mass is 9.93. The summed E-state index contributed by atoms with van der Waals surface area (Å²) in [5.41, 5.74) is 2.58. The van der Waals surface area contributed by atoms with Crippen LogP contribution in [0.5, 0.6) is 5.75 Å². The zero-order valence-electron chi connectivity index (χ0n) is 15.9. The van der Waals surface area contributed by atoms with Crippen LogP contribution in [0.4, 0.5) is 10.1 Å². The van der Waals surface area contributed by atoms with Crippen LogP contribution in [0.1, 0.15) is 32.1 Å². The van der Waals surface area contributed by atoms with Crippen molar-refractivity contribution in [3.05, 3.63) is 35.7 Å². The number of hydrogen-bond donors (Lipinski definition) is 1. The third-order valence-corrected chi connectivity index (χ3v) is 5.73. The minimum absolute atomic E-state index is 0.244. The monoisotopic (exact) mass is 404 g/mol. The number of nitrogens with zero attached hydrogens (tertiary/aromatic N) is 3. The van der Waals surface area contributed by atoms with Crippen LogP contribution in [0.3, 0.4) is 0 Å². The molecule has 2 fully saturated rings. The molecule has 1 saturated carbocycles. The van der Waals surface area contributed by atoms with Gasteiger partial charge < -0.3 is 10.1 Å². The molecule has 0 spiro atoms. The van der Waals surface area contributed by atoms with Crippen molar-refractivity contribution in [1.82, 2.24) is 14.9 Å². The summed E-state index contributed by atoms with van der Waals surface area (Å²) in [6.45, 7) is 3.98. The SMILES string of the molecule is FC1CCC(Nc2cc(Cl)ncc2-c2ccc(OCCN3CCC3)cn2)CC1. The molecule has 0 unspecified atom stereocenters. The molecular weight excluding hydrogens is 379 g/mol. The Morgan fingerprint density at radius 3 is 2.64 bits per heavy atom. The average molecular weight is 405 g/mol. The molecule has 1 aliphatic carbocycles. The average Bonchev–Trinajstić information content (AvgIpc) is 2.66. The first-order valence-electron chi connectivity index (χ1n) is 10.0. The van der Waals surface area contributed by atoms with Gasteiger partial charge in [-0.15, -0.1) is 0 Å². The molecule has 150 valence electrons. The van der Waals surface area contributed by atoms with Crippen molar-refractivity contribution in [2.75, 3.05) is 31.6 Å². The molecule has 0 amide bonds. The lowest BCUT2D eigenvalue weighted by Crippen LogP contribution is -2.39. The predicted molar refractivity (Wildman–Crippen MR) is 110 cm³/mol. The molecule has 0 radical (unpaired) electrons. The van der Waals surface area contributed by atoms with Crippen molar-refractivity contribution < 1.29 is 9.13 Å². The Morgan fingerprint density at radius 1 is 1.14 bits per heavy atom. The van der Waals surface area contributed by atoms with E-state index in [9.17, 15) is 4.39 Å². The maximum absolute atomic E-state index is 13.4. The van der Waals surface area contributed by atoms with E-state index < -0.39 is 6.17 Å². The quantitative estimate of drug-likeness (QED) is 0.685. The third kappa shape index (κ3) is 4.92. The second-order valence-electron chi connectivity index (χ2n) is 7.57. The fraction of sp³-hybridized carbons (Fsp3) is 0.524. The summed E-state index contributed by atoms with van der Waals surface area (Å²) >= 11 is 6.11. The molecule has 2 aromatic rings. The van der Waals surface area contributed by atoms with Gasteiger partial charge in [-0.25, -0.2) is 9.37 Å². The van der Waals surface area contributed by atoms with Gasteiger partial charge in [0, 0.05) is 30.0 Å². The Bertz CT molecular complexity index is 776. The summed E-state index contributed by atoms with van der Waals surface area (Å²) in [7, 11) is 0. The molecule has 0 atom stereocenters. The molecule has 7 heteroatoms. The summed E-state index contributed by atoms with van der Waals surface area (Å²) < 4.78 is 19.2. The summed E-state index contributed by atoms with van der Waals surface area (Å²) in [6, 6.07) is 5.93. The molecule has 3 heterocycles. The van der Waals surface area contributed by atoms with Crippen LogP contribution in [0.2, 0.25) is 5.15 Å². The number of rotatable bonds is 7. The van der Waals surface area contributed by atoms with Crippen molar-refractivity contribution in [2.45, 2.75) is 44.3 Å². The Hall–Kier alpha value is -1.92. The Morgan fingerprint density at radius 2 is 1.96 bits per heavy atom. The number of nitrogens with one attached hydrogen (secondary N) is 1. The number of alkyl halides is 1. The number of pyridine rings is 2. The van der Waals surface area contributed by atoms with Crippen molar-refractivity contribution in [3.8, 4) is 17.0 Å². The first-order chi connectivity index (χ1) is 13.7. The van der Waals surface area contributed by atoms with Gasteiger partial charge in [0.25, 0.3) is 0 Å². The Balaban J connectivity index is 1.42. The van der Waals surface area contributed by atoms with E-state index in [-0.39, 0.29) is 6.04 Å². The number of hydrogen-bond acceptors (Lipinski definition) is 5. The molecule has 0 aromatic carbocycles. The van der Waals surface area contributed by atoms with E-state index >= 15 is 0 Å². The second-order valence-corrected chi connectivity index (χ2v) is 7.96. The minimum atomic E-state index is -0.672. The van der Waals surface area contributed by atoms with Crippen molar-refractivity contribution in [2.24, 2.45) is 0 Å². The summed E-state index contributed by atoms with van der Waals surface area (Å²) in [5, 5.41) is 3.94. The van der Waals surface area contributed by atoms with E-state index in [1.54, 1.807) is 12.4 Å². The molecule has 0 bridgehead atoms. The van der Waals surface area contributed by atoms with Gasteiger partial charge in [-0.05, 0) is 63.4 Å². The first kappa shape index (κ1) is 19.4. The highest BCUT2D eigenvalue weighted by atomic mass is 35.5. The van der Waals surface area contributed by atoms with Gasteiger partial charge in [0.1, 0.15) is 23.7 Å². The molecule has 5 nitrogen and oxygen atoms in total. The number of ether oxygens (including phenoxy) is 1. The highest BCUT2D eigenvalue weighted by Gasteiger charge is 2.21. The molecule has 2 aromatic heterocycles. The normalized spacial score (nSPS) is 22.5. The smallest absolute Gasteiger partial charge is 0.137 e. The third-order valence-electron chi connectivity index (χ3n) is 5.52. The molecule has 28 heavy (non-hydrogen) atoms. The zero-order valence-corrected chi connectivity index (χ0v) is 16.7. The Kier molecular flexibility index (Phi) is 6.27. The van der Waals surface area contributed by atoms with E-state index in [0.29, 0.717) is 24.6 Å². The maximum Gasteiger partial charge on any atom is 0.137 e. The van der Waals surface area contributed by atoms with Crippen LogP contribution < -0.4 is 10.1 Å². The van der Waals surface area contributed by atoms with Gasteiger partial charge in [-0.2, -0.15) is 0 Å². The van der Waals surface area contributed by atoms with E-state index in [4.69, 9.17) is 16.3 Å². The van der Waals surface area contributed by atoms with Crippen molar-refractivity contribution in [1.29, 1.82) is 0 Å². The van der Waals surface area contributed by atoms with Crippen LogP contribution in [-0.4, -0.2) is 53.3 Å². The van der Waals surface area contributed by atoms with Crippen LogP contribution in [-0.2, 0) is 0 Å². The van der Waals surface area contributed by atoms with E-state index in [1.807, 2.05) is 18.2 Å². The van der Waals surface area contributed by atoms with Crippen LogP contribution in [0.15, 0.2) is 30.6 Å². The molecule has 1 N–H and O–H groups in total. The molecule has 1 saturated heterocycles. The minimum Gasteiger partial charge on any atom is -0.491 e. The van der Waals surface area contributed by atoms with Crippen molar-refractivity contribution >= 4 is 17.3 Å². The largest absolute Gasteiger partial charge is 0.491 e. The number of halogens is 2. The molecule has 1 aliphatic heterocycles. The van der Waals surface area contributed by atoms with E-state index in [2.05, 4.69) is 20.2 Å². The number of aromatic nitrogens is 2. The Labute approximate surface area is 170 Å². The fourth-order valence-corrected chi connectivity index (χ4v) is 3.85. The van der Waals surface area contributed by atoms with Crippen molar-refractivity contribution in [3.63, 3.8) is 0 Å². The summed E-state index contributed by atoms with van der Waals surface area (Å²) in [5.74, 6) is 0.766. The zero-order chi connectivity index (χ0) is 19.3. The predicted octanol–water partition coefficient (Wildman–Crippen LogP) is 4.57. The highest BCUT2D eigenvalue weighted by molar-refractivity contribution is 6.29. The molecule has 4 rings (SSSR count). The van der Waals surface area contributed by atoms with Gasteiger partial charge >= 0.3 is 0 Å². The van der Waals surface area contributed by atoms with Gasteiger partial charge in [0.05, 0.1) is 11.9 Å². The van der Waals surface area contributed by atoms with Gasteiger partial charge in [-0.1, -0.05) is 11.6 Å². The molecular formula is C21H26ClFN4O. The first-order valence-corrected chi connectivity index (χ1v) is 10.4. The maximum atomic E-state index is 13.4. The second kappa shape index (κ2) is 9.05. The lowest BCUT2D eigenvalue weighted by molar-refractivity contribution is 0.147. The van der Waals surface area contributed by atoms with Gasteiger partial charge in [-0.3, -0.25) is 9.88 Å². The lowest BCUT2D eigenvalue weighted by Gasteiger charge is -2.30. The van der Waals surface area contributed by atoms with Crippen LogP contribution in [0.25, 0.3) is 11.3 Å². The highest BCUT2D eigenvalue weighted by Crippen LogP contribution is 2.32. The van der Waals surface area contributed by atoms with Crippen LogP contribution >= 0.6 is 11.6 Å². The topological polar surface area (TPSA) is 50.3 Å². The summed E-state index contributed by atoms with van der Waals surface area (Å²) in [4.78, 5) is 11.1. The fourth-order valence-electron chi connectivity index (χ4n) is 3.69. The van der Waals surface area contributed by atoms with Gasteiger partial charge in [0.15, 0.2) is 0 Å². The van der Waals surface area contributed by atoms with Crippen LogP contribution in [0, 0.1) is 0 Å². The number of anilines is 1. The molecule has 2 aliphatic rings. The van der Waals surface area contributed by atoms with Gasteiger partial charge in [0.2, 0.25) is 0 Å². The van der Waals surface area contributed by atoms with E-state index in [0.717, 1.165) is 42.1 Å². The standard InChI is InChI=1S/C21H26ClFN4O/c22-21-12-20(26-16-4-2-15(23)3-5-16)18(14-25-21)19-7-6-17(13-24-19)28-11-10-27-8-1-9-27/h6-7,12-16H,1-5,8-11H2,(H,25,26).